The molecule has 1 N–H and O–H groups in total. The van der Waals surface area contributed by atoms with Gasteiger partial charge in [-0.15, -0.1) is 0 Å². The summed E-state index contributed by atoms with van der Waals surface area (Å²) < 4.78 is 6.03. The standard InChI is InChI=1S/C21H23N3O2/c1-13-9-18(13)19-7-6-16(26-19)12-24(15-4-5-15)20(25)10-14-11-23-21-17(14)3-2-8-22-21/h2-3,6-8,11,13,15,18H,4-5,9-10,12H2,1H3,(H,22,23)/t13-,18+/m1/s1. The first-order valence-electron chi connectivity index (χ1n) is 9.48. The molecule has 2 aliphatic rings. The Bertz CT molecular complexity index is 953. The van der Waals surface area contributed by atoms with Gasteiger partial charge in [0.05, 0.1) is 13.0 Å². The number of nitrogens with zero attached hydrogens (tertiary/aromatic N) is 2. The summed E-state index contributed by atoms with van der Waals surface area (Å²) in [5, 5.41) is 1.03. The Morgan fingerprint density at radius 3 is 2.96 bits per heavy atom. The van der Waals surface area contributed by atoms with Gasteiger partial charge in [-0.1, -0.05) is 6.92 Å². The van der Waals surface area contributed by atoms with Gasteiger partial charge in [0.2, 0.25) is 5.91 Å². The first kappa shape index (κ1) is 15.7. The fourth-order valence-corrected chi connectivity index (χ4v) is 3.80. The number of H-pyrrole nitrogens is 1. The highest BCUT2D eigenvalue weighted by molar-refractivity contribution is 5.87. The molecular formula is C21H23N3O2. The van der Waals surface area contributed by atoms with Gasteiger partial charge in [-0.25, -0.2) is 4.98 Å². The van der Waals surface area contributed by atoms with Crippen molar-refractivity contribution in [1.29, 1.82) is 0 Å². The fourth-order valence-electron chi connectivity index (χ4n) is 3.80. The van der Waals surface area contributed by atoms with Gasteiger partial charge < -0.3 is 14.3 Å². The highest BCUT2D eigenvalue weighted by Crippen LogP contribution is 2.47. The SMILES string of the molecule is C[C@@H]1C[C@@H]1c1ccc(CN(C(=O)Cc2c[nH]c3ncccc23)C2CC2)o1. The molecule has 3 aromatic heterocycles. The van der Waals surface area contributed by atoms with Gasteiger partial charge in [-0.3, -0.25) is 4.79 Å². The number of carbonyl (C=O) groups is 1. The maximum Gasteiger partial charge on any atom is 0.227 e. The van der Waals surface area contributed by atoms with Gasteiger partial charge in [-0.2, -0.15) is 0 Å². The number of fused-ring (bicyclic) bond motifs is 1. The van der Waals surface area contributed by atoms with E-state index in [-0.39, 0.29) is 5.91 Å². The molecule has 0 unspecified atom stereocenters. The van der Waals surface area contributed by atoms with Crippen LogP contribution >= 0.6 is 0 Å². The predicted molar refractivity (Wildman–Crippen MR) is 98.6 cm³/mol. The predicted octanol–water partition coefficient (Wildman–Crippen LogP) is 4.01. The second kappa shape index (κ2) is 6.01. The molecule has 0 radical (unpaired) electrons. The minimum Gasteiger partial charge on any atom is -0.464 e. The lowest BCUT2D eigenvalue weighted by Crippen LogP contribution is -2.33. The van der Waals surface area contributed by atoms with Crippen molar-refractivity contribution in [2.45, 2.75) is 51.1 Å². The van der Waals surface area contributed by atoms with E-state index in [1.807, 2.05) is 29.3 Å². The van der Waals surface area contributed by atoms with Gasteiger partial charge >= 0.3 is 0 Å². The molecule has 0 aromatic carbocycles. The number of aromatic amines is 1. The Kier molecular flexibility index (Phi) is 3.62. The molecule has 0 bridgehead atoms. The van der Waals surface area contributed by atoms with Crippen molar-refractivity contribution < 1.29 is 9.21 Å². The van der Waals surface area contributed by atoms with Gasteiger partial charge in [0.25, 0.3) is 0 Å². The van der Waals surface area contributed by atoms with Gasteiger partial charge in [0.15, 0.2) is 0 Å². The summed E-state index contributed by atoms with van der Waals surface area (Å²) in [6, 6.07) is 8.41. The molecule has 26 heavy (non-hydrogen) atoms. The van der Waals surface area contributed by atoms with Crippen LogP contribution < -0.4 is 0 Å². The smallest absolute Gasteiger partial charge is 0.227 e. The Hall–Kier alpha value is -2.56. The van der Waals surface area contributed by atoms with Crippen LogP contribution in [-0.4, -0.2) is 26.8 Å². The maximum atomic E-state index is 13.0. The fraction of sp³-hybridized carbons (Fsp3) is 0.429. The topological polar surface area (TPSA) is 62.1 Å². The average Bonchev–Trinajstić information content (AvgIpc) is 3.53. The molecule has 134 valence electrons. The number of amides is 1. The van der Waals surface area contributed by atoms with E-state index in [2.05, 4.69) is 23.0 Å². The Labute approximate surface area is 152 Å². The van der Waals surface area contributed by atoms with E-state index in [9.17, 15) is 4.79 Å². The normalized spacial score (nSPS) is 21.9. The van der Waals surface area contributed by atoms with Crippen LogP contribution in [0.4, 0.5) is 0 Å². The molecular weight excluding hydrogens is 326 g/mol. The van der Waals surface area contributed by atoms with E-state index in [1.54, 1.807) is 6.20 Å². The second-order valence-electron chi connectivity index (χ2n) is 7.77. The lowest BCUT2D eigenvalue weighted by atomic mass is 10.1. The summed E-state index contributed by atoms with van der Waals surface area (Å²) in [6.07, 6.45) is 7.46. The molecule has 1 amide bonds. The van der Waals surface area contributed by atoms with E-state index < -0.39 is 0 Å². The number of aromatic nitrogens is 2. The first-order valence-corrected chi connectivity index (χ1v) is 9.48. The van der Waals surface area contributed by atoms with Crippen molar-refractivity contribution in [3.63, 3.8) is 0 Å². The van der Waals surface area contributed by atoms with E-state index in [0.29, 0.717) is 24.9 Å². The monoisotopic (exact) mass is 349 g/mol. The number of hydrogen-bond donors (Lipinski definition) is 1. The molecule has 2 fully saturated rings. The molecule has 5 rings (SSSR count). The van der Waals surface area contributed by atoms with Crippen molar-refractivity contribution in [3.05, 3.63) is 53.7 Å². The van der Waals surface area contributed by atoms with E-state index in [1.165, 1.54) is 6.42 Å². The van der Waals surface area contributed by atoms with Crippen molar-refractivity contribution in [3.8, 4) is 0 Å². The molecule has 2 saturated carbocycles. The average molecular weight is 349 g/mol. The summed E-state index contributed by atoms with van der Waals surface area (Å²) >= 11 is 0. The summed E-state index contributed by atoms with van der Waals surface area (Å²) in [6.45, 7) is 2.83. The molecule has 0 aliphatic heterocycles. The third kappa shape index (κ3) is 2.91. The molecule has 5 nitrogen and oxygen atoms in total. The van der Waals surface area contributed by atoms with Crippen LogP contribution in [0.25, 0.3) is 11.0 Å². The maximum absolute atomic E-state index is 13.0. The molecule has 5 heteroatoms. The third-order valence-corrected chi connectivity index (χ3v) is 5.67. The summed E-state index contributed by atoms with van der Waals surface area (Å²) in [5.41, 5.74) is 1.85. The van der Waals surface area contributed by atoms with E-state index >= 15 is 0 Å². The van der Waals surface area contributed by atoms with E-state index in [0.717, 1.165) is 46.9 Å². The number of pyridine rings is 1. The van der Waals surface area contributed by atoms with Crippen molar-refractivity contribution in [2.75, 3.05) is 0 Å². The molecule has 0 saturated heterocycles. The number of rotatable bonds is 6. The Morgan fingerprint density at radius 1 is 1.35 bits per heavy atom. The summed E-state index contributed by atoms with van der Waals surface area (Å²) in [4.78, 5) is 22.4. The number of hydrogen-bond acceptors (Lipinski definition) is 3. The zero-order valence-electron chi connectivity index (χ0n) is 14.9. The van der Waals surface area contributed by atoms with Crippen molar-refractivity contribution in [2.24, 2.45) is 5.92 Å². The molecule has 2 aliphatic carbocycles. The second-order valence-corrected chi connectivity index (χ2v) is 7.77. The molecule has 0 spiro atoms. The molecule has 3 aromatic rings. The highest BCUT2D eigenvalue weighted by atomic mass is 16.3. The zero-order chi connectivity index (χ0) is 17.7. The molecule has 3 heterocycles. The van der Waals surface area contributed by atoms with Crippen LogP contribution in [0.1, 0.15) is 49.2 Å². The number of furan rings is 1. The minimum atomic E-state index is 0.162. The van der Waals surface area contributed by atoms with Crippen LogP contribution in [0.15, 0.2) is 41.1 Å². The summed E-state index contributed by atoms with van der Waals surface area (Å²) in [7, 11) is 0. The van der Waals surface area contributed by atoms with Crippen LogP contribution in [-0.2, 0) is 17.8 Å². The van der Waals surface area contributed by atoms with Crippen LogP contribution in [0, 0.1) is 5.92 Å². The summed E-state index contributed by atoms with van der Waals surface area (Å²) in [5.74, 6) is 3.45. The third-order valence-electron chi connectivity index (χ3n) is 5.67. The Balaban J connectivity index is 1.32. The Morgan fingerprint density at radius 2 is 2.19 bits per heavy atom. The lowest BCUT2D eigenvalue weighted by Gasteiger charge is -2.21. The van der Waals surface area contributed by atoms with E-state index in [4.69, 9.17) is 4.42 Å². The van der Waals surface area contributed by atoms with Crippen molar-refractivity contribution >= 4 is 16.9 Å². The number of carbonyl (C=O) groups excluding carboxylic acids is 1. The lowest BCUT2D eigenvalue weighted by molar-refractivity contribution is -0.131. The highest BCUT2D eigenvalue weighted by Gasteiger charge is 2.37. The van der Waals surface area contributed by atoms with Crippen molar-refractivity contribution in [1.82, 2.24) is 14.9 Å². The van der Waals surface area contributed by atoms with Crippen LogP contribution in [0.5, 0.6) is 0 Å². The largest absolute Gasteiger partial charge is 0.464 e. The van der Waals surface area contributed by atoms with Crippen LogP contribution in [0.2, 0.25) is 0 Å². The first-order chi connectivity index (χ1) is 12.7. The zero-order valence-corrected chi connectivity index (χ0v) is 14.9. The molecule has 2 atom stereocenters. The quantitative estimate of drug-likeness (QED) is 0.731. The minimum absolute atomic E-state index is 0.162. The number of nitrogens with one attached hydrogen (secondary N) is 1. The van der Waals surface area contributed by atoms with Gasteiger partial charge in [0, 0.05) is 29.7 Å². The van der Waals surface area contributed by atoms with Gasteiger partial charge in [-0.05, 0) is 55.0 Å². The van der Waals surface area contributed by atoms with Crippen LogP contribution in [0.3, 0.4) is 0 Å². The van der Waals surface area contributed by atoms with Gasteiger partial charge in [0.1, 0.15) is 17.2 Å².